The van der Waals surface area contributed by atoms with Crippen molar-refractivity contribution in [1.82, 2.24) is 4.31 Å². The Morgan fingerprint density at radius 2 is 1.76 bits per heavy atom. The second kappa shape index (κ2) is 8.01. The molecule has 0 radical (unpaired) electrons. The first-order valence-corrected chi connectivity index (χ1v) is 12.2. The monoisotopic (exact) mass is 431 g/mol. The molecule has 2 aromatic carbocycles. The zero-order chi connectivity index (χ0) is 20.6. The van der Waals surface area contributed by atoms with E-state index in [1.165, 1.54) is 16.8 Å². The van der Waals surface area contributed by atoms with Crippen LogP contribution in [0.5, 0.6) is 0 Å². The molecule has 0 aromatic heterocycles. The number of sulfonamides is 1. The fraction of sp³-hybridized carbons (Fsp3) is 0.381. The Labute approximate surface area is 176 Å². The summed E-state index contributed by atoms with van der Waals surface area (Å²) in [5.41, 5.74) is 4.16. The van der Waals surface area contributed by atoms with E-state index in [4.69, 9.17) is 0 Å². The number of nitrogens with one attached hydrogen (secondary N) is 1. The molecule has 1 N–H and O–H groups in total. The highest BCUT2D eigenvalue weighted by Gasteiger charge is 2.30. The van der Waals surface area contributed by atoms with Crippen LogP contribution < -0.4 is 10.2 Å². The molecule has 0 aliphatic carbocycles. The molecule has 0 spiro atoms. The number of hydrogen-bond donors (Lipinski definition) is 1. The highest BCUT2D eigenvalue weighted by Crippen LogP contribution is 2.33. The first kappa shape index (κ1) is 20.3. The number of fused-ring (bicyclic) bond motifs is 1. The Bertz CT molecular complexity index is 1050. The van der Waals surface area contributed by atoms with Crippen molar-refractivity contribution in [1.29, 1.82) is 0 Å². The minimum atomic E-state index is -3.60. The standard InChI is InChI=1S/C21H25N3O3S2/c1-15-3-4-16(2)19(13-15)23-8-10-24(11-9-23)29(26,27)17-5-6-20-18(14-17)22-21(25)7-12-28-20/h3-6,13-14H,7-12H2,1-2H3,(H,22,25). The zero-order valence-electron chi connectivity index (χ0n) is 16.6. The lowest BCUT2D eigenvalue weighted by atomic mass is 10.1. The maximum Gasteiger partial charge on any atom is 0.243 e. The molecule has 1 amide bonds. The number of aryl methyl sites for hydroxylation is 2. The van der Waals surface area contributed by atoms with Gasteiger partial charge in [0, 0.05) is 48.9 Å². The van der Waals surface area contributed by atoms with Crippen molar-refractivity contribution < 1.29 is 13.2 Å². The van der Waals surface area contributed by atoms with Crippen LogP contribution in [0.25, 0.3) is 0 Å². The summed E-state index contributed by atoms with van der Waals surface area (Å²) in [6.07, 6.45) is 0.432. The van der Waals surface area contributed by atoms with Crippen molar-refractivity contribution >= 4 is 39.1 Å². The summed E-state index contributed by atoms with van der Waals surface area (Å²) in [4.78, 5) is 15.2. The predicted molar refractivity (Wildman–Crippen MR) is 117 cm³/mol. The van der Waals surface area contributed by atoms with E-state index in [0.29, 0.717) is 44.0 Å². The quantitative estimate of drug-likeness (QED) is 0.808. The van der Waals surface area contributed by atoms with E-state index in [9.17, 15) is 13.2 Å². The molecule has 2 aromatic rings. The van der Waals surface area contributed by atoms with E-state index in [-0.39, 0.29) is 10.8 Å². The molecule has 2 aliphatic heterocycles. The SMILES string of the molecule is Cc1ccc(C)c(N2CCN(S(=O)(=O)c3ccc4c(c3)NC(=O)CCS4)CC2)c1. The molecule has 4 rings (SSSR count). The fourth-order valence-corrected chi connectivity index (χ4v) is 6.12. The number of thioether (sulfide) groups is 1. The average molecular weight is 432 g/mol. The molecular weight excluding hydrogens is 406 g/mol. The summed E-state index contributed by atoms with van der Waals surface area (Å²) in [6.45, 7) is 6.34. The van der Waals surface area contributed by atoms with Gasteiger partial charge in [-0.15, -0.1) is 11.8 Å². The molecule has 154 valence electrons. The van der Waals surface area contributed by atoms with Crippen LogP contribution in [0.4, 0.5) is 11.4 Å². The summed E-state index contributed by atoms with van der Waals surface area (Å²) in [5.74, 6) is 0.624. The largest absolute Gasteiger partial charge is 0.369 e. The third-order valence-electron chi connectivity index (χ3n) is 5.39. The normalized spacial score (nSPS) is 18.1. The van der Waals surface area contributed by atoms with Gasteiger partial charge in [-0.2, -0.15) is 4.31 Å². The number of piperazine rings is 1. The van der Waals surface area contributed by atoms with Crippen molar-refractivity contribution in [3.05, 3.63) is 47.5 Å². The smallest absolute Gasteiger partial charge is 0.243 e. The van der Waals surface area contributed by atoms with Crippen LogP contribution in [0.1, 0.15) is 17.5 Å². The predicted octanol–water partition coefficient (Wildman–Crippen LogP) is 3.25. The third-order valence-corrected chi connectivity index (χ3v) is 8.36. The Morgan fingerprint density at radius 3 is 2.52 bits per heavy atom. The van der Waals surface area contributed by atoms with Gasteiger partial charge >= 0.3 is 0 Å². The Hall–Kier alpha value is -2.03. The van der Waals surface area contributed by atoms with Gasteiger partial charge in [-0.05, 0) is 49.2 Å². The van der Waals surface area contributed by atoms with Gasteiger partial charge in [0.2, 0.25) is 15.9 Å². The summed E-state index contributed by atoms with van der Waals surface area (Å²) >= 11 is 1.57. The Balaban J connectivity index is 1.52. The van der Waals surface area contributed by atoms with Gasteiger partial charge in [0.1, 0.15) is 0 Å². The molecule has 2 aliphatic rings. The minimum absolute atomic E-state index is 0.0760. The maximum absolute atomic E-state index is 13.2. The van der Waals surface area contributed by atoms with Crippen molar-refractivity contribution in [2.75, 3.05) is 42.1 Å². The number of nitrogens with zero attached hydrogens (tertiary/aromatic N) is 2. The molecule has 29 heavy (non-hydrogen) atoms. The van der Waals surface area contributed by atoms with Gasteiger partial charge in [0.05, 0.1) is 10.6 Å². The molecule has 2 heterocycles. The second-order valence-electron chi connectivity index (χ2n) is 7.49. The lowest BCUT2D eigenvalue weighted by Gasteiger charge is -2.36. The van der Waals surface area contributed by atoms with Gasteiger partial charge in [0.15, 0.2) is 0 Å². The number of rotatable bonds is 3. The van der Waals surface area contributed by atoms with Crippen molar-refractivity contribution in [2.24, 2.45) is 0 Å². The van der Waals surface area contributed by atoms with Gasteiger partial charge < -0.3 is 10.2 Å². The summed E-state index contributed by atoms with van der Waals surface area (Å²) in [5, 5.41) is 2.83. The molecule has 0 saturated carbocycles. The van der Waals surface area contributed by atoms with Crippen LogP contribution in [0.2, 0.25) is 0 Å². The number of amides is 1. The molecule has 0 bridgehead atoms. The second-order valence-corrected chi connectivity index (χ2v) is 10.6. The van der Waals surface area contributed by atoms with Crippen LogP contribution in [-0.2, 0) is 14.8 Å². The number of benzene rings is 2. The molecule has 1 saturated heterocycles. The summed E-state index contributed by atoms with van der Waals surface area (Å²) < 4.78 is 27.9. The zero-order valence-corrected chi connectivity index (χ0v) is 18.3. The van der Waals surface area contributed by atoms with Crippen molar-refractivity contribution in [3.63, 3.8) is 0 Å². The third kappa shape index (κ3) is 4.15. The summed E-state index contributed by atoms with van der Waals surface area (Å²) in [7, 11) is -3.60. The maximum atomic E-state index is 13.2. The van der Waals surface area contributed by atoms with Crippen LogP contribution in [-0.4, -0.2) is 50.6 Å². The lowest BCUT2D eigenvalue weighted by Crippen LogP contribution is -2.48. The minimum Gasteiger partial charge on any atom is -0.369 e. The van der Waals surface area contributed by atoms with Crippen LogP contribution >= 0.6 is 11.8 Å². The van der Waals surface area contributed by atoms with E-state index < -0.39 is 10.0 Å². The average Bonchev–Trinajstić information content (AvgIpc) is 2.89. The van der Waals surface area contributed by atoms with Crippen molar-refractivity contribution in [2.45, 2.75) is 30.1 Å². The van der Waals surface area contributed by atoms with E-state index in [1.807, 2.05) is 0 Å². The Morgan fingerprint density at radius 1 is 1.00 bits per heavy atom. The molecule has 0 atom stereocenters. The molecule has 0 unspecified atom stereocenters. The van der Waals surface area contributed by atoms with Gasteiger partial charge in [-0.25, -0.2) is 8.42 Å². The number of carbonyl (C=O) groups is 1. The fourth-order valence-electron chi connectivity index (χ4n) is 3.74. The van der Waals surface area contributed by atoms with Crippen LogP contribution in [0.3, 0.4) is 0 Å². The van der Waals surface area contributed by atoms with Crippen LogP contribution in [0.15, 0.2) is 46.2 Å². The first-order valence-electron chi connectivity index (χ1n) is 9.74. The Kier molecular flexibility index (Phi) is 5.59. The number of anilines is 2. The topological polar surface area (TPSA) is 69.7 Å². The van der Waals surface area contributed by atoms with E-state index in [2.05, 4.69) is 42.3 Å². The lowest BCUT2D eigenvalue weighted by molar-refractivity contribution is -0.115. The first-order chi connectivity index (χ1) is 13.8. The van der Waals surface area contributed by atoms with Gasteiger partial charge in [0.25, 0.3) is 0 Å². The molecular formula is C21H25N3O3S2. The van der Waals surface area contributed by atoms with Crippen molar-refractivity contribution in [3.8, 4) is 0 Å². The highest BCUT2D eigenvalue weighted by molar-refractivity contribution is 7.99. The van der Waals surface area contributed by atoms with Crippen LogP contribution in [0, 0.1) is 13.8 Å². The molecule has 8 heteroatoms. The summed E-state index contributed by atoms with van der Waals surface area (Å²) in [6, 6.07) is 11.4. The molecule has 6 nitrogen and oxygen atoms in total. The van der Waals surface area contributed by atoms with Gasteiger partial charge in [-0.1, -0.05) is 12.1 Å². The van der Waals surface area contributed by atoms with Gasteiger partial charge in [-0.3, -0.25) is 4.79 Å². The van der Waals surface area contributed by atoms with E-state index in [0.717, 1.165) is 4.90 Å². The molecule has 1 fully saturated rings. The highest BCUT2D eigenvalue weighted by atomic mass is 32.2. The van der Waals surface area contributed by atoms with E-state index in [1.54, 1.807) is 34.3 Å². The number of hydrogen-bond acceptors (Lipinski definition) is 5. The number of carbonyl (C=O) groups excluding carboxylic acids is 1. The van der Waals surface area contributed by atoms with E-state index >= 15 is 0 Å².